The number of benzene rings is 1. The SMILES string of the molecule is N#CC(=Cc1c[nH]c2ccc([N+](=O)[O-])cc12)C(N)=O. The highest BCUT2D eigenvalue weighted by Crippen LogP contribution is 2.25. The number of non-ortho nitro benzene ring substituents is 1. The summed E-state index contributed by atoms with van der Waals surface area (Å²) >= 11 is 0. The summed E-state index contributed by atoms with van der Waals surface area (Å²) in [6.45, 7) is 0. The van der Waals surface area contributed by atoms with E-state index in [1.807, 2.05) is 0 Å². The molecular formula is C12H8N4O3. The van der Waals surface area contributed by atoms with Gasteiger partial charge in [-0.1, -0.05) is 0 Å². The van der Waals surface area contributed by atoms with Crippen molar-refractivity contribution in [2.75, 3.05) is 0 Å². The third-order valence-corrected chi connectivity index (χ3v) is 2.59. The summed E-state index contributed by atoms with van der Waals surface area (Å²) in [4.78, 5) is 24.1. The standard InChI is InChI=1S/C12H8N4O3/c13-5-7(12(14)17)3-8-6-15-11-2-1-9(16(18)19)4-10(8)11/h1-4,6,15H,(H2,14,17). The van der Waals surface area contributed by atoms with Gasteiger partial charge in [-0.25, -0.2) is 0 Å². The van der Waals surface area contributed by atoms with Crippen LogP contribution in [-0.2, 0) is 4.79 Å². The van der Waals surface area contributed by atoms with Crippen molar-refractivity contribution in [3.63, 3.8) is 0 Å². The highest BCUT2D eigenvalue weighted by Gasteiger charge is 2.11. The first-order chi connectivity index (χ1) is 9.02. The quantitative estimate of drug-likeness (QED) is 0.373. The third kappa shape index (κ3) is 2.28. The number of primary amides is 1. The molecule has 1 heterocycles. The van der Waals surface area contributed by atoms with Crippen LogP contribution in [0.4, 0.5) is 5.69 Å². The molecule has 0 saturated carbocycles. The maximum absolute atomic E-state index is 11.0. The smallest absolute Gasteiger partial charge is 0.270 e. The number of hydrogen-bond donors (Lipinski definition) is 2. The average molecular weight is 256 g/mol. The molecule has 1 amide bonds. The number of nitriles is 1. The number of aromatic nitrogens is 1. The second-order valence-corrected chi connectivity index (χ2v) is 3.77. The number of carbonyl (C=O) groups is 1. The number of nitrogens with zero attached hydrogens (tertiary/aromatic N) is 2. The molecule has 0 aliphatic rings. The largest absolute Gasteiger partial charge is 0.365 e. The zero-order valence-electron chi connectivity index (χ0n) is 9.58. The lowest BCUT2D eigenvalue weighted by atomic mass is 10.1. The van der Waals surface area contributed by atoms with E-state index in [9.17, 15) is 14.9 Å². The Hall–Kier alpha value is -3.14. The summed E-state index contributed by atoms with van der Waals surface area (Å²) in [6.07, 6.45) is 2.85. The van der Waals surface area contributed by atoms with E-state index in [1.165, 1.54) is 18.2 Å². The van der Waals surface area contributed by atoms with Crippen molar-refractivity contribution in [1.29, 1.82) is 5.26 Å². The van der Waals surface area contributed by atoms with Gasteiger partial charge in [0.15, 0.2) is 0 Å². The van der Waals surface area contributed by atoms with Gasteiger partial charge in [-0.05, 0) is 12.1 Å². The van der Waals surface area contributed by atoms with Gasteiger partial charge in [0, 0.05) is 34.8 Å². The molecule has 2 aromatic rings. The molecule has 1 aromatic heterocycles. The van der Waals surface area contributed by atoms with Crippen molar-refractivity contribution in [1.82, 2.24) is 4.98 Å². The predicted molar refractivity (Wildman–Crippen MR) is 67.7 cm³/mol. The van der Waals surface area contributed by atoms with Crippen molar-refractivity contribution < 1.29 is 9.72 Å². The minimum Gasteiger partial charge on any atom is -0.365 e. The molecule has 0 spiro atoms. The highest BCUT2D eigenvalue weighted by molar-refractivity contribution is 6.03. The van der Waals surface area contributed by atoms with Crippen LogP contribution < -0.4 is 5.73 Å². The van der Waals surface area contributed by atoms with E-state index in [0.717, 1.165) is 0 Å². The average Bonchev–Trinajstić information content (AvgIpc) is 2.77. The van der Waals surface area contributed by atoms with Crippen LogP contribution in [0, 0.1) is 21.4 Å². The lowest BCUT2D eigenvalue weighted by Gasteiger charge is -1.95. The molecule has 0 unspecified atom stereocenters. The Bertz CT molecular complexity index is 752. The van der Waals surface area contributed by atoms with Crippen LogP contribution in [0.15, 0.2) is 30.0 Å². The van der Waals surface area contributed by atoms with Crippen molar-refractivity contribution in [2.45, 2.75) is 0 Å². The first-order valence-corrected chi connectivity index (χ1v) is 5.20. The molecule has 19 heavy (non-hydrogen) atoms. The summed E-state index contributed by atoms with van der Waals surface area (Å²) in [6, 6.07) is 5.97. The number of nitro groups is 1. The van der Waals surface area contributed by atoms with E-state index in [2.05, 4.69) is 4.98 Å². The van der Waals surface area contributed by atoms with Crippen LogP contribution in [0.2, 0.25) is 0 Å². The summed E-state index contributed by atoms with van der Waals surface area (Å²) in [5.41, 5.74) is 5.91. The Morgan fingerprint density at radius 1 is 1.53 bits per heavy atom. The molecule has 7 nitrogen and oxygen atoms in total. The first kappa shape index (κ1) is 12.3. The molecule has 7 heteroatoms. The van der Waals surface area contributed by atoms with Crippen LogP contribution in [0.3, 0.4) is 0 Å². The first-order valence-electron chi connectivity index (χ1n) is 5.20. The maximum Gasteiger partial charge on any atom is 0.270 e. The van der Waals surface area contributed by atoms with Gasteiger partial charge in [-0.15, -0.1) is 0 Å². The summed E-state index contributed by atoms with van der Waals surface area (Å²) < 4.78 is 0. The number of amides is 1. The predicted octanol–water partition coefficient (Wildman–Crippen LogP) is 1.47. The molecule has 1 aromatic carbocycles. The summed E-state index contributed by atoms with van der Waals surface area (Å²) in [7, 11) is 0. The van der Waals surface area contributed by atoms with E-state index in [-0.39, 0.29) is 11.3 Å². The fraction of sp³-hybridized carbons (Fsp3) is 0. The molecular weight excluding hydrogens is 248 g/mol. The Labute approximate surface area is 107 Å². The topological polar surface area (TPSA) is 126 Å². The molecule has 94 valence electrons. The van der Waals surface area contributed by atoms with Crippen molar-refractivity contribution in [3.8, 4) is 6.07 Å². The van der Waals surface area contributed by atoms with Crippen LogP contribution in [0.1, 0.15) is 5.56 Å². The third-order valence-electron chi connectivity index (χ3n) is 2.59. The van der Waals surface area contributed by atoms with Crippen LogP contribution >= 0.6 is 0 Å². The van der Waals surface area contributed by atoms with Gasteiger partial charge in [0.05, 0.1) is 4.92 Å². The number of aromatic amines is 1. The molecule has 0 aliphatic heterocycles. The van der Waals surface area contributed by atoms with Gasteiger partial charge < -0.3 is 10.7 Å². The molecule has 0 saturated heterocycles. The van der Waals surface area contributed by atoms with Gasteiger partial charge in [0.25, 0.3) is 11.6 Å². The zero-order valence-corrected chi connectivity index (χ0v) is 9.58. The number of rotatable bonds is 3. The van der Waals surface area contributed by atoms with Gasteiger partial charge in [-0.2, -0.15) is 5.26 Å². The molecule has 3 N–H and O–H groups in total. The minimum absolute atomic E-state index is 0.0701. The van der Waals surface area contributed by atoms with Gasteiger partial charge in [0.2, 0.25) is 0 Å². The Balaban J connectivity index is 2.62. The summed E-state index contributed by atoms with van der Waals surface area (Å²) in [5, 5.41) is 20.0. The maximum atomic E-state index is 11.0. The second-order valence-electron chi connectivity index (χ2n) is 3.77. The fourth-order valence-electron chi connectivity index (χ4n) is 1.68. The normalized spacial score (nSPS) is 11.2. The number of nitro benzene ring substituents is 1. The lowest BCUT2D eigenvalue weighted by Crippen LogP contribution is -2.12. The molecule has 0 aliphatic carbocycles. The number of H-pyrrole nitrogens is 1. The highest BCUT2D eigenvalue weighted by atomic mass is 16.6. The van der Waals surface area contributed by atoms with E-state index in [4.69, 9.17) is 11.0 Å². The number of nitrogens with one attached hydrogen (secondary N) is 1. The summed E-state index contributed by atoms with van der Waals surface area (Å²) in [5.74, 6) is -0.845. The van der Waals surface area contributed by atoms with Gasteiger partial charge in [-0.3, -0.25) is 14.9 Å². The van der Waals surface area contributed by atoms with E-state index < -0.39 is 10.8 Å². The van der Waals surface area contributed by atoms with Crippen molar-refractivity contribution in [2.24, 2.45) is 5.73 Å². The fourth-order valence-corrected chi connectivity index (χ4v) is 1.68. The number of nitrogens with two attached hydrogens (primary N) is 1. The lowest BCUT2D eigenvalue weighted by molar-refractivity contribution is -0.384. The van der Waals surface area contributed by atoms with E-state index in [1.54, 1.807) is 18.3 Å². The van der Waals surface area contributed by atoms with Crippen molar-refractivity contribution >= 4 is 28.6 Å². The molecule has 2 rings (SSSR count). The Morgan fingerprint density at radius 3 is 2.84 bits per heavy atom. The van der Waals surface area contributed by atoms with E-state index in [0.29, 0.717) is 16.5 Å². The molecule has 0 atom stereocenters. The molecule has 0 bridgehead atoms. The zero-order chi connectivity index (χ0) is 14.0. The minimum atomic E-state index is -0.845. The molecule has 0 fully saturated rings. The van der Waals surface area contributed by atoms with Gasteiger partial charge in [0.1, 0.15) is 11.6 Å². The molecule has 0 radical (unpaired) electrons. The number of fused-ring (bicyclic) bond motifs is 1. The van der Waals surface area contributed by atoms with E-state index >= 15 is 0 Å². The van der Waals surface area contributed by atoms with Crippen molar-refractivity contribution in [3.05, 3.63) is 45.6 Å². The monoisotopic (exact) mass is 256 g/mol. The second kappa shape index (κ2) is 4.62. The Morgan fingerprint density at radius 2 is 2.26 bits per heavy atom. The van der Waals surface area contributed by atoms with Crippen LogP contribution in [0.5, 0.6) is 0 Å². The Kier molecular flexibility index (Phi) is 3.00. The number of hydrogen-bond acceptors (Lipinski definition) is 4. The number of carbonyl (C=O) groups excluding carboxylic acids is 1. The van der Waals surface area contributed by atoms with Gasteiger partial charge >= 0.3 is 0 Å². The van der Waals surface area contributed by atoms with Crippen LogP contribution in [-0.4, -0.2) is 15.8 Å². The van der Waals surface area contributed by atoms with Crippen LogP contribution in [0.25, 0.3) is 17.0 Å².